The predicted molar refractivity (Wildman–Crippen MR) is 112 cm³/mol. The van der Waals surface area contributed by atoms with E-state index in [2.05, 4.69) is 5.32 Å². The van der Waals surface area contributed by atoms with Crippen molar-refractivity contribution >= 4 is 18.0 Å². The fourth-order valence-electron chi connectivity index (χ4n) is 3.69. The zero-order chi connectivity index (χ0) is 23.3. The number of hydrogen-bond donors (Lipinski definition) is 3. The minimum atomic E-state index is -4.06. The molecule has 0 aromatic heterocycles. The lowest BCUT2D eigenvalue weighted by atomic mass is 9.98. The molecule has 1 atom stereocenters. The molecule has 170 valence electrons. The van der Waals surface area contributed by atoms with E-state index in [4.69, 9.17) is 9.84 Å². The van der Waals surface area contributed by atoms with Gasteiger partial charge < -0.3 is 20.5 Å². The summed E-state index contributed by atoms with van der Waals surface area (Å²) in [4.78, 5) is 34.6. The van der Waals surface area contributed by atoms with Crippen molar-refractivity contribution in [1.29, 1.82) is 0 Å². The normalized spacial score (nSPS) is 13.6. The molecule has 2 aromatic carbocycles. The number of amides is 2. The standard InChI is InChI=1S/C23H24F2N2O5/c1-2-14(11-20(28)26-13-23(24,25)21(29)30)27-22(31)32-12-19-17-9-5-3-7-15(17)16-8-4-6-10-18(16)19/h3-10,14,19H,2,11-13H2,1H3,(H,26,28)(H,27,31)(H,29,30). The number of fused-ring (bicyclic) bond motifs is 3. The average Bonchev–Trinajstić information content (AvgIpc) is 3.09. The lowest BCUT2D eigenvalue weighted by Gasteiger charge is -2.19. The summed E-state index contributed by atoms with van der Waals surface area (Å²) in [6, 6.07) is 15.1. The van der Waals surface area contributed by atoms with E-state index in [1.54, 1.807) is 6.92 Å². The Kier molecular flexibility index (Phi) is 7.07. The molecule has 0 saturated carbocycles. The van der Waals surface area contributed by atoms with Crippen molar-refractivity contribution in [3.63, 3.8) is 0 Å². The number of halogens is 2. The first-order valence-corrected chi connectivity index (χ1v) is 10.2. The molecule has 2 aromatic rings. The van der Waals surface area contributed by atoms with E-state index in [9.17, 15) is 23.2 Å². The molecule has 0 fully saturated rings. The van der Waals surface area contributed by atoms with Crippen LogP contribution in [0.2, 0.25) is 0 Å². The molecular weight excluding hydrogens is 422 g/mol. The van der Waals surface area contributed by atoms with Gasteiger partial charge in [-0.1, -0.05) is 55.5 Å². The maximum absolute atomic E-state index is 13.1. The lowest BCUT2D eigenvalue weighted by Crippen LogP contribution is -2.44. The summed E-state index contributed by atoms with van der Waals surface area (Å²) >= 11 is 0. The van der Waals surface area contributed by atoms with Crippen LogP contribution < -0.4 is 10.6 Å². The third-order valence-corrected chi connectivity index (χ3v) is 5.41. The second-order valence-corrected chi connectivity index (χ2v) is 7.57. The molecule has 0 saturated heterocycles. The lowest BCUT2D eigenvalue weighted by molar-refractivity contribution is -0.164. The number of carbonyl (C=O) groups is 3. The third-order valence-electron chi connectivity index (χ3n) is 5.41. The Morgan fingerprint density at radius 1 is 1.06 bits per heavy atom. The van der Waals surface area contributed by atoms with E-state index < -0.39 is 36.5 Å². The molecule has 3 N–H and O–H groups in total. The number of hydrogen-bond acceptors (Lipinski definition) is 4. The highest BCUT2D eigenvalue weighted by Crippen LogP contribution is 2.44. The van der Waals surface area contributed by atoms with Crippen LogP contribution >= 0.6 is 0 Å². The monoisotopic (exact) mass is 446 g/mol. The topological polar surface area (TPSA) is 105 Å². The molecule has 2 amide bonds. The molecular formula is C23H24F2N2O5. The van der Waals surface area contributed by atoms with Crippen LogP contribution in [0.3, 0.4) is 0 Å². The summed E-state index contributed by atoms with van der Waals surface area (Å²) in [6.45, 7) is 0.503. The van der Waals surface area contributed by atoms with Gasteiger partial charge in [-0.2, -0.15) is 8.78 Å². The quantitative estimate of drug-likeness (QED) is 0.547. The Hall–Kier alpha value is -3.49. The number of alkyl halides is 2. The second-order valence-electron chi connectivity index (χ2n) is 7.57. The molecule has 3 rings (SSSR count). The van der Waals surface area contributed by atoms with Gasteiger partial charge in [-0.25, -0.2) is 9.59 Å². The molecule has 0 bridgehead atoms. The van der Waals surface area contributed by atoms with Crippen LogP contribution in [0.5, 0.6) is 0 Å². The molecule has 0 radical (unpaired) electrons. The average molecular weight is 446 g/mol. The van der Waals surface area contributed by atoms with Crippen LogP contribution in [0.25, 0.3) is 11.1 Å². The van der Waals surface area contributed by atoms with Crippen LogP contribution in [0.1, 0.15) is 36.8 Å². The summed E-state index contributed by atoms with van der Waals surface area (Å²) in [5, 5.41) is 12.8. The van der Waals surface area contributed by atoms with Crippen LogP contribution in [0.15, 0.2) is 48.5 Å². The zero-order valence-corrected chi connectivity index (χ0v) is 17.4. The van der Waals surface area contributed by atoms with Crippen LogP contribution in [-0.4, -0.2) is 48.2 Å². The number of carboxylic acid groups (broad SMARTS) is 1. The van der Waals surface area contributed by atoms with E-state index in [0.717, 1.165) is 22.3 Å². The SMILES string of the molecule is CCC(CC(=O)NCC(F)(F)C(=O)O)NC(=O)OCC1c2ccccc2-c2ccccc21. The van der Waals surface area contributed by atoms with Gasteiger partial charge in [-0.05, 0) is 28.7 Å². The number of carbonyl (C=O) groups excluding carboxylic acids is 2. The number of benzene rings is 2. The molecule has 0 heterocycles. The first-order valence-electron chi connectivity index (χ1n) is 10.2. The molecule has 32 heavy (non-hydrogen) atoms. The van der Waals surface area contributed by atoms with Gasteiger partial charge in [0, 0.05) is 18.4 Å². The number of aliphatic carboxylic acids is 1. The molecule has 0 spiro atoms. The summed E-state index contributed by atoms with van der Waals surface area (Å²) in [5.41, 5.74) is 4.32. The van der Waals surface area contributed by atoms with Crippen molar-refractivity contribution < 1.29 is 33.0 Å². The summed E-state index contributed by atoms with van der Waals surface area (Å²) in [6.07, 6.45) is -0.647. The summed E-state index contributed by atoms with van der Waals surface area (Å²) in [7, 11) is 0. The van der Waals surface area contributed by atoms with Gasteiger partial charge in [0.05, 0.1) is 6.54 Å². The maximum atomic E-state index is 13.1. The first kappa shape index (κ1) is 23.2. The van der Waals surface area contributed by atoms with E-state index in [-0.39, 0.29) is 18.9 Å². The number of carboxylic acids is 1. The number of nitrogens with one attached hydrogen (secondary N) is 2. The van der Waals surface area contributed by atoms with E-state index >= 15 is 0 Å². The minimum absolute atomic E-state index is 0.104. The van der Waals surface area contributed by atoms with Crippen molar-refractivity contribution in [2.24, 2.45) is 0 Å². The highest BCUT2D eigenvalue weighted by Gasteiger charge is 2.39. The van der Waals surface area contributed by atoms with Gasteiger partial charge >= 0.3 is 18.0 Å². The fraction of sp³-hybridized carbons (Fsp3) is 0.348. The van der Waals surface area contributed by atoms with Gasteiger partial charge in [0.2, 0.25) is 5.91 Å². The highest BCUT2D eigenvalue weighted by atomic mass is 19.3. The van der Waals surface area contributed by atoms with Crippen LogP contribution in [0.4, 0.5) is 13.6 Å². The molecule has 7 nitrogen and oxygen atoms in total. The Balaban J connectivity index is 1.54. The predicted octanol–water partition coefficient (Wildman–Crippen LogP) is 3.53. The molecule has 0 aliphatic heterocycles. The second kappa shape index (κ2) is 9.76. The smallest absolute Gasteiger partial charge is 0.407 e. The van der Waals surface area contributed by atoms with Crippen molar-refractivity contribution in [2.75, 3.05) is 13.2 Å². The van der Waals surface area contributed by atoms with Crippen molar-refractivity contribution in [1.82, 2.24) is 10.6 Å². The van der Waals surface area contributed by atoms with E-state index in [1.807, 2.05) is 53.8 Å². The molecule has 1 aliphatic carbocycles. The zero-order valence-electron chi connectivity index (χ0n) is 17.4. The van der Waals surface area contributed by atoms with Gasteiger partial charge in [0.25, 0.3) is 0 Å². The molecule has 1 aliphatic rings. The number of alkyl carbamates (subject to hydrolysis) is 1. The molecule has 9 heteroatoms. The van der Waals surface area contributed by atoms with Crippen molar-refractivity contribution in [3.8, 4) is 11.1 Å². The van der Waals surface area contributed by atoms with E-state index in [1.165, 1.54) is 0 Å². The third kappa shape index (κ3) is 5.22. The highest BCUT2D eigenvalue weighted by molar-refractivity contribution is 5.81. The Bertz CT molecular complexity index is 966. The largest absolute Gasteiger partial charge is 0.477 e. The number of ether oxygens (including phenoxy) is 1. The van der Waals surface area contributed by atoms with Crippen molar-refractivity contribution in [2.45, 2.75) is 37.6 Å². The van der Waals surface area contributed by atoms with Crippen molar-refractivity contribution in [3.05, 3.63) is 59.7 Å². The summed E-state index contributed by atoms with van der Waals surface area (Å²) < 4.78 is 31.6. The Morgan fingerprint density at radius 3 is 2.16 bits per heavy atom. The first-order chi connectivity index (χ1) is 15.2. The van der Waals surface area contributed by atoms with Gasteiger partial charge in [-0.15, -0.1) is 0 Å². The Morgan fingerprint density at radius 2 is 1.62 bits per heavy atom. The maximum Gasteiger partial charge on any atom is 0.407 e. The van der Waals surface area contributed by atoms with Gasteiger partial charge in [0.15, 0.2) is 0 Å². The molecule has 1 unspecified atom stereocenters. The van der Waals surface area contributed by atoms with Crippen LogP contribution in [0, 0.1) is 0 Å². The summed E-state index contributed by atoms with van der Waals surface area (Å²) in [5.74, 6) is -7.29. The number of rotatable bonds is 9. The van der Waals surface area contributed by atoms with Crippen LogP contribution in [-0.2, 0) is 14.3 Å². The Labute approximate surface area is 183 Å². The fourth-order valence-corrected chi connectivity index (χ4v) is 3.69. The van der Waals surface area contributed by atoms with E-state index in [0.29, 0.717) is 6.42 Å². The van der Waals surface area contributed by atoms with Gasteiger partial charge in [0.1, 0.15) is 6.61 Å². The van der Waals surface area contributed by atoms with Gasteiger partial charge in [-0.3, -0.25) is 4.79 Å². The minimum Gasteiger partial charge on any atom is -0.477 e.